The van der Waals surface area contributed by atoms with Gasteiger partial charge in [0.25, 0.3) is 0 Å². The molecule has 100 valence electrons. The third-order valence-corrected chi connectivity index (χ3v) is 3.84. The van der Waals surface area contributed by atoms with Gasteiger partial charge in [-0.3, -0.25) is 0 Å². The van der Waals surface area contributed by atoms with Gasteiger partial charge in [0.15, 0.2) is 0 Å². The van der Waals surface area contributed by atoms with E-state index in [0.29, 0.717) is 12.1 Å². The molecule has 1 aromatic rings. The van der Waals surface area contributed by atoms with Crippen molar-refractivity contribution in [1.82, 2.24) is 5.32 Å². The van der Waals surface area contributed by atoms with E-state index >= 15 is 0 Å². The van der Waals surface area contributed by atoms with E-state index in [1.165, 1.54) is 11.1 Å². The fourth-order valence-corrected chi connectivity index (χ4v) is 2.73. The van der Waals surface area contributed by atoms with Gasteiger partial charge in [-0.1, -0.05) is 13.0 Å². The first-order chi connectivity index (χ1) is 8.78. The molecular weight excluding hydrogens is 226 g/mol. The van der Waals surface area contributed by atoms with Crippen LogP contribution < -0.4 is 10.1 Å². The molecule has 18 heavy (non-hydrogen) atoms. The quantitative estimate of drug-likeness (QED) is 0.813. The average molecular weight is 249 g/mol. The summed E-state index contributed by atoms with van der Waals surface area (Å²) < 4.78 is 5.30. The zero-order chi connectivity index (χ0) is 13.0. The van der Waals surface area contributed by atoms with Crippen molar-refractivity contribution < 1.29 is 9.84 Å². The molecule has 2 atom stereocenters. The van der Waals surface area contributed by atoms with Crippen molar-refractivity contribution in [3.8, 4) is 5.75 Å². The molecule has 0 aromatic heterocycles. The molecule has 2 N–H and O–H groups in total. The number of aliphatic hydroxyl groups is 1. The highest BCUT2D eigenvalue weighted by atomic mass is 16.5. The van der Waals surface area contributed by atoms with Crippen molar-refractivity contribution in [2.75, 3.05) is 13.7 Å². The lowest BCUT2D eigenvalue weighted by Gasteiger charge is -2.22. The Hall–Kier alpha value is -1.06. The molecule has 3 nitrogen and oxygen atoms in total. The van der Waals surface area contributed by atoms with E-state index in [2.05, 4.69) is 24.4 Å². The molecule has 0 saturated heterocycles. The second-order valence-corrected chi connectivity index (χ2v) is 4.94. The van der Waals surface area contributed by atoms with Crippen LogP contribution in [0.3, 0.4) is 0 Å². The predicted octanol–water partition coefficient (Wildman–Crippen LogP) is 2.43. The minimum absolute atomic E-state index is 0.253. The number of aryl methyl sites for hydroxylation is 1. The summed E-state index contributed by atoms with van der Waals surface area (Å²) in [4.78, 5) is 0. The Morgan fingerprint density at radius 2 is 2.33 bits per heavy atom. The SMILES string of the molecule is CCC(CCO)NC1CCc2ccc(OC)cc21. The lowest BCUT2D eigenvalue weighted by atomic mass is 10.0. The normalized spacial score (nSPS) is 19.6. The molecule has 0 aliphatic heterocycles. The number of rotatable bonds is 6. The van der Waals surface area contributed by atoms with Gasteiger partial charge in [0, 0.05) is 18.7 Å². The summed E-state index contributed by atoms with van der Waals surface area (Å²) in [5, 5.41) is 12.7. The molecular formula is C15H23NO2. The first-order valence-corrected chi connectivity index (χ1v) is 6.82. The lowest BCUT2D eigenvalue weighted by Crippen LogP contribution is -2.32. The number of hydrogen-bond donors (Lipinski definition) is 2. The number of hydrogen-bond acceptors (Lipinski definition) is 3. The number of benzene rings is 1. The summed E-state index contributed by atoms with van der Waals surface area (Å²) in [6, 6.07) is 7.16. The fraction of sp³-hybridized carbons (Fsp3) is 0.600. The van der Waals surface area contributed by atoms with E-state index in [1.54, 1.807) is 7.11 Å². The third-order valence-electron chi connectivity index (χ3n) is 3.84. The standard InChI is InChI=1S/C15H23NO2/c1-3-12(8-9-17)16-15-7-5-11-4-6-13(18-2)10-14(11)15/h4,6,10,12,15-17H,3,5,7-9H2,1-2H3. The number of nitrogens with one attached hydrogen (secondary N) is 1. The largest absolute Gasteiger partial charge is 0.497 e. The summed E-state index contributed by atoms with van der Waals surface area (Å²) in [7, 11) is 1.71. The summed E-state index contributed by atoms with van der Waals surface area (Å²) in [6.45, 7) is 2.41. The van der Waals surface area contributed by atoms with E-state index in [0.717, 1.165) is 31.4 Å². The average Bonchev–Trinajstić information content (AvgIpc) is 2.80. The summed E-state index contributed by atoms with van der Waals surface area (Å²) in [5.41, 5.74) is 2.79. The molecule has 0 fully saturated rings. The smallest absolute Gasteiger partial charge is 0.119 e. The minimum atomic E-state index is 0.253. The third kappa shape index (κ3) is 2.85. The van der Waals surface area contributed by atoms with Crippen molar-refractivity contribution in [3.63, 3.8) is 0 Å². The Kier molecular flexibility index (Phi) is 4.61. The Balaban J connectivity index is 2.09. The molecule has 2 rings (SSSR count). The molecule has 1 aliphatic rings. The van der Waals surface area contributed by atoms with Crippen LogP contribution in [0.1, 0.15) is 43.4 Å². The van der Waals surface area contributed by atoms with Gasteiger partial charge in [-0.2, -0.15) is 0 Å². The first kappa shape index (κ1) is 13.4. The predicted molar refractivity (Wildman–Crippen MR) is 73.0 cm³/mol. The van der Waals surface area contributed by atoms with Crippen LogP contribution in [0.4, 0.5) is 0 Å². The van der Waals surface area contributed by atoms with Crippen LogP contribution in [0.5, 0.6) is 5.75 Å². The van der Waals surface area contributed by atoms with Crippen molar-refractivity contribution >= 4 is 0 Å². The van der Waals surface area contributed by atoms with Crippen LogP contribution in [0.15, 0.2) is 18.2 Å². The van der Waals surface area contributed by atoms with Crippen molar-refractivity contribution in [2.24, 2.45) is 0 Å². The van der Waals surface area contributed by atoms with Gasteiger partial charge in [-0.05, 0) is 48.9 Å². The van der Waals surface area contributed by atoms with Crippen LogP contribution in [-0.2, 0) is 6.42 Å². The Morgan fingerprint density at radius 1 is 1.50 bits per heavy atom. The maximum atomic E-state index is 9.06. The molecule has 3 heteroatoms. The van der Waals surface area contributed by atoms with E-state index in [9.17, 15) is 0 Å². The van der Waals surface area contributed by atoms with E-state index in [1.807, 2.05) is 6.07 Å². The number of fused-ring (bicyclic) bond motifs is 1. The van der Waals surface area contributed by atoms with Gasteiger partial charge < -0.3 is 15.2 Å². The van der Waals surface area contributed by atoms with Crippen molar-refractivity contribution in [3.05, 3.63) is 29.3 Å². The highest BCUT2D eigenvalue weighted by Crippen LogP contribution is 2.34. The fourth-order valence-electron chi connectivity index (χ4n) is 2.73. The van der Waals surface area contributed by atoms with Crippen molar-refractivity contribution in [2.45, 2.75) is 44.7 Å². The zero-order valence-corrected chi connectivity index (χ0v) is 11.3. The number of aliphatic hydroxyl groups excluding tert-OH is 1. The van der Waals surface area contributed by atoms with E-state index < -0.39 is 0 Å². The monoisotopic (exact) mass is 249 g/mol. The Bertz CT molecular complexity index is 392. The molecule has 0 radical (unpaired) electrons. The molecule has 0 heterocycles. The molecule has 0 saturated carbocycles. The maximum Gasteiger partial charge on any atom is 0.119 e. The van der Waals surface area contributed by atoms with Gasteiger partial charge in [0.1, 0.15) is 5.75 Å². The summed E-state index contributed by atoms with van der Waals surface area (Å²) in [5.74, 6) is 0.928. The molecule has 0 bridgehead atoms. The Labute approximate surface area is 109 Å². The Morgan fingerprint density at radius 3 is 3.00 bits per heavy atom. The van der Waals surface area contributed by atoms with E-state index in [4.69, 9.17) is 9.84 Å². The van der Waals surface area contributed by atoms with Gasteiger partial charge in [-0.15, -0.1) is 0 Å². The summed E-state index contributed by atoms with van der Waals surface area (Å²) >= 11 is 0. The maximum absolute atomic E-state index is 9.06. The summed E-state index contributed by atoms with van der Waals surface area (Å²) in [6.07, 6.45) is 4.15. The zero-order valence-electron chi connectivity index (χ0n) is 11.3. The lowest BCUT2D eigenvalue weighted by molar-refractivity contribution is 0.255. The molecule has 1 aliphatic carbocycles. The highest BCUT2D eigenvalue weighted by Gasteiger charge is 2.24. The molecule has 0 amide bonds. The van der Waals surface area contributed by atoms with Crippen molar-refractivity contribution in [1.29, 1.82) is 0 Å². The first-order valence-electron chi connectivity index (χ1n) is 6.82. The van der Waals surface area contributed by atoms with Crippen LogP contribution in [0.2, 0.25) is 0 Å². The van der Waals surface area contributed by atoms with Gasteiger partial charge in [0.05, 0.1) is 7.11 Å². The van der Waals surface area contributed by atoms with Gasteiger partial charge in [0.2, 0.25) is 0 Å². The van der Waals surface area contributed by atoms with Gasteiger partial charge in [-0.25, -0.2) is 0 Å². The molecule has 2 unspecified atom stereocenters. The second kappa shape index (κ2) is 6.21. The van der Waals surface area contributed by atoms with Crippen LogP contribution in [0.25, 0.3) is 0 Å². The van der Waals surface area contributed by atoms with Crippen LogP contribution in [-0.4, -0.2) is 24.9 Å². The highest BCUT2D eigenvalue weighted by molar-refractivity contribution is 5.40. The number of ether oxygens (including phenoxy) is 1. The molecule has 0 spiro atoms. The number of methoxy groups -OCH3 is 1. The van der Waals surface area contributed by atoms with Crippen LogP contribution >= 0.6 is 0 Å². The van der Waals surface area contributed by atoms with Crippen LogP contribution in [0, 0.1) is 0 Å². The second-order valence-electron chi connectivity index (χ2n) is 4.94. The molecule has 1 aromatic carbocycles. The van der Waals surface area contributed by atoms with Gasteiger partial charge >= 0.3 is 0 Å². The minimum Gasteiger partial charge on any atom is -0.497 e. The van der Waals surface area contributed by atoms with E-state index in [-0.39, 0.29) is 6.61 Å². The topological polar surface area (TPSA) is 41.5 Å².